The second-order valence-electron chi connectivity index (χ2n) is 10.1. The first-order valence-corrected chi connectivity index (χ1v) is 15.5. The van der Waals surface area contributed by atoms with Crippen LogP contribution in [0, 0.1) is 19.7 Å². The van der Waals surface area contributed by atoms with Crippen LogP contribution in [0.5, 0.6) is 5.75 Å². The van der Waals surface area contributed by atoms with E-state index in [1.807, 2.05) is 31.2 Å². The second-order valence-corrected chi connectivity index (χ2v) is 11.6. The monoisotopic (exact) mass is 605 g/mol. The first kappa shape index (κ1) is 31.7. The van der Waals surface area contributed by atoms with Gasteiger partial charge in [0.2, 0.25) is 0 Å². The van der Waals surface area contributed by atoms with E-state index in [2.05, 4.69) is 35.5 Å². The minimum Gasteiger partial charge on any atom is -0.491 e. The molecule has 0 amide bonds. The molecule has 0 radical (unpaired) electrons. The van der Waals surface area contributed by atoms with Gasteiger partial charge in [0, 0.05) is 18.8 Å². The van der Waals surface area contributed by atoms with Crippen molar-refractivity contribution in [1.29, 1.82) is 0 Å². The predicted octanol–water partition coefficient (Wildman–Crippen LogP) is 7.00. The minimum atomic E-state index is -4.21. The molecule has 0 bridgehead atoms. The summed E-state index contributed by atoms with van der Waals surface area (Å²) in [6.07, 6.45) is -0.270. The summed E-state index contributed by atoms with van der Waals surface area (Å²) in [5.41, 5.74) is 6.34. The smallest absolute Gasteiger partial charge is 0.341 e. The van der Waals surface area contributed by atoms with Gasteiger partial charge in [-0.3, -0.25) is 4.79 Å². The molecule has 0 spiro atoms. The van der Waals surface area contributed by atoms with Crippen LogP contribution >= 0.6 is 0 Å². The number of rotatable bonds is 14. The van der Waals surface area contributed by atoms with Crippen LogP contribution in [0.2, 0.25) is 0 Å². The fourth-order valence-corrected chi connectivity index (χ4v) is 5.68. The van der Waals surface area contributed by atoms with E-state index in [9.17, 15) is 17.6 Å². The molecule has 0 aromatic heterocycles. The van der Waals surface area contributed by atoms with Gasteiger partial charge >= 0.3 is 16.1 Å². The Kier molecular flexibility index (Phi) is 10.9. The van der Waals surface area contributed by atoms with Crippen LogP contribution in [0.15, 0.2) is 89.8 Å². The average molecular weight is 606 g/mol. The molecule has 0 aliphatic rings. The molecule has 1 N–H and O–H groups in total. The number of benzene rings is 4. The second kappa shape index (κ2) is 14.8. The van der Waals surface area contributed by atoms with E-state index >= 15 is 0 Å². The number of nitrogens with one attached hydrogen (secondary N) is 1. The fraction of sp³-hybridized carbons (Fsp3) is 0.265. The summed E-state index contributed by atoms with van der Waals surface area (Å²) in [6, 6.07) is 24.3. The Hall–Kier alpha value is -4.21. The molecule has 0 fully saturated rings. The average Bonchev–Trinajstić information content (AvgIpc) is 2.98. The number of aryl methyl sites for hydroxylation is 3. The standard InChI is InChI=1S/C34H36FNO6S/c1-4-40-17-18-41-30-19-24(2)34(25(3)20-30)28-10-8-9-26(21-28)23-36-29-15-13-27(32(35)22-29)14-16-33(37)42-43(38,39)31-11-6-5-7-12-31/h5-13,15,19-22,36H,4,14,16-18,23H2,1-3H3. The lowest BCUT2D eigenvalue weighted by Crippen LogP contribution is -2.14. The summed E-state index contributed by atoms with van der Waals surface area (Å²) in [6.45, 7) is 8.28. The molecule has 4 aromatic carbocycles. The van der Waals surface area contributed by atoms with Crippen molar-refractivity contribution in [2.24, 2.45) is 0 Å². The van der Waals surface area contributed by atoms with E-state index < -0.39 is 21.9 Å². The van der Waals surface area contributed by atoms with Crippen LogP contribution in [0.25, 0.3) is 11.1 Å². The van der Waals surface area contributed by atoms with Gasteiger partial charge in [-0.2, -0.15) is 8.42 Å². The van der Waals surface area contributed by atoms with E-state index in [4.69, 9.17) is 9.47 Å². The molecule has 7 nitrogen and oxygen atoms in total. The molecule has 4 aromatic rings. The molecule has 0 saturated carbocycles. The summed E-state index contributed by atoms with van der Waals surface area (Å²) >= 11 is 0. The molecule has 0 aliphatic heterocycles. The summed E-state index contributed by atoms with van der Waals surface area (Å²) in [5.74, 6) is -0.623. The molecular weight excluding hydrogens is 569 g/mol. The van der Waals surface area contributed by atoms with Gasteiger partial charge in [0.1, 0.15) is 23.1 Å². The highest BCUT2D eigenvalue weighted by Gasteiger charge is 2.20. The van der Waals surface area contributed by atoms with Crippen LogP contribution in [-0.2, 0) is 36.8 Å². The van der Waals surface area contributed by atoms with E-state index in [1.165, 1.54) is 30.3 Å². The Morgan fingerprint density at radius 2 is 1.63 bits per heavy atom. The van der Waals surface area contributed by atoms with Gasteiger partial charge in [-0.25, -0.2) is 4.39 Å². The van der Waals surface area contributed by atoms with Gasteiger partial charge in [-0.15, -0.1) is 0 Å². The maximum atomic E-state index is 14.8. The molecule has 43 heavy (non-hydrogen) atoms. The third-order valence-corrected chi connectivity index (χ3v) is 8.06. The minimum absolute atomic E-state index is 0.00630. The summed E-state index contributed by atoms with van der Waals surface area (Å²) in [5, 5.41) is 3.25. The van der Waals surface area contributed by atoms with Crippen molar-refractivity contribution in [2.75, 3.05) is 25.1 Å². The van der Waals surface area contributed by atoms with Crippen LogP contribution in [-0.4, -0.2) is 34.2 Å². The Morgan fingerprint density at radius 1 is 0.884 bits per heavy atom. The van der Waals surface area contributed by atoms with Crippen LogP contribution in [0.4, 0.5) is 10.1 Å². The molecule has 4 rings (SSSR count). The van der Waals surface area contributed by atoms with Gasteiger partial charge in [0.25, 0.3) is 0 Å². The SMILES string of the molecule is CCOCCOc1cc(C)c(-c2cccc(CNc3ccc(CCC(=O)OS(=O)(=O)c4ccccc4)c(F)c3)c2)c(C)c1. The summed E-state index contributed by atoms with van der Waals surface area (Å²) < 4.78 is 55.1. The van der Waals surface area contributed by atoms with Crippen molar-refractivity contribution >= 4 is 21.8 Å². The van der Waals surface area contributed by atoms with Crippen LogP contribution in [0.1, 0.15) is 35.6 Å². The van der Waals surface area contributed by atoms with Crippen LogP contribution < -0.4 is 10.1 Å². The maximum absolute atomic E-state index is 14.8. The van der Waals surface area contributed by atoms with Crippen molar-refractivity contribution < 1.29 is 31.3 Å². The number of carbonyl (C=O) groups excluding carboxylic acids is 1. The number of carbonyl (C=O) groups is 1. The highest BCUT2D eigenvalue weighted by atomic mass is 32.2. The van der Waals surface area contributed by atoms with Gasteiger partial charge in [0.15, 0.2) is 0 Å². The number of hydrogen-bond donors (Lipinski definition) is 1. The number of ether oxygens (including phenoxy) is 2. The van der Waals surface area contributed by atoms with Crippen molar-refractivity contribution in [3.63, 3.8) is 0 Å². The highest BCUT2D eigenvalue weighted by Crippen LogP contribution is 2.32. The Bertz CT molecular complexity index is 1630. The zero-order chi connectivity index (χ0) is 30.8. The first-order chi connectivity index (χ1) is 20.7. The molecular formula is C34H36FNO6S. The lowest BCUT2D eigenvalue weighted by molar-refractivity contribution is -0.133. The van der Waals surface area contributed by atoms with Crippen molar-refractivity contribution in [2.45, 2.75) is 45.1 Å². The van der Waals surface area contributed by atoms with Crippen molar-refractivity contribution in [1.82, 2.24) is 0 Å². The third-order valence-electron chi connectivity index (χ3n) is 6.81. The van der Waals surface area contributed by atoms with Crippen molar-refractivity contribution in [3.8, 4) is 16.9 Å². The zero-order valence-corrected chi connectivity index (χ0v) is 25.4. The summed E-state index contributed by atoms with van der Waals surface area (Å²) in [4.78, 5) is 12.0. The Morgan fingerprint density at radius 3 is 2.33 bits per heavy atom. The molecule has 0 atom stereocenters. The van der Waals surface area contributed by atoms with Gasteiger partial charge in [-0.1, -0.05) is 42.5 Å². The quantitative estimate of drug-likeness (QED) is 0.122. The van der Waals surface area contributed by atoms with Gasteiger partial charge in [-0.05, 0) is 103 Å². The first-order valence-electron chi connectivity index (χ1n) is 14.1. The van der Waals surface area contributed by atoms with Crippen molar-refractivity contribution in [3.05, 3.63) is 113 Å². The predicted molar refractivity (Wildman–Crippen MR) is 165 cm³/mol. The molecule has 0 unspecified atom stereocenters. The molecule has 226 valence electrons. The molecule has 9 heteroatoms. The fourth-order valence-electron chi connectivity index (χ4n) is 4.76. The largest absolute Gasteiger partial charge is 0.491 e. The lowest BCUT2D eigenvalue weighted by atomic mass is 9.94. The molecule has 0 saturated heterocycles. The number of hydrogen-bond acceptors (Lipinski definition) is 7. The number of anilines is 1. The molecule has 0 heterocycles. The van der Waals surface area contributed by atoms with E-state index in [1.54, 1.807) is 18.2 Å². The van der Waals surface area contributed by atoms with E-state index in [0.29, 0.717) is 32.1 Å². The third kappa shape index (κ3) is 8.89. The zero-order valence-electron chi connectivity index (χ0n) is 24.6. The van der Waals surface area contributed by atoms with E-state index in [-0.39, 0.29) is 23.3 Å². The van der Waals surface area contributed by atoms with E-state index in [0.717, 1.165) is 33.6 Å². The van der Waals surface area contributed by atoms with Gasteiger partial charge in [0.05, 0.1) is 13.0 Å². The Balaban J connectivity index is 1.34. The van der Waals surface area contributed by atoms with Gasteiger partial charge < -0.3 is 19.0 Å². The highest BCUT2D eigenvalue weighted by molar-refractivity contribution is 7.87. The number of halogens is 1. The lowest BCUT2D eigenvalue weighted by Gasteiger charge is -2.15. The Labute approximate surface area is 252 Å². The molecule has 0 aliphatic carbocycles. The topological polar surface area (TPSA) is 90.9 Å². The summed E-state index contributed by atoms with van der Waals surface area (Å²) in [7, 11) is -4.21. The van der Waals surface area contributed by atoms with Crippen LogP contribution in [0.3, 0.4) is 0 Å². The maximum Gasteiger partial charge on any atom is 0.341 e. The normalized spacial score (nSPS) is 11.3.